The fourth-order valence-electron chi connectivity index (χ4n) is 4.37. The first-order valence-corrected chi connectivity index (χ1v) is 13.3. The summed E-state index contributed by atoms with van der Waals surface area (Å²) in [4.78, 5) is 12.1. The average Bonchev–Trinajstić information content (AvgIpc) is 2.96. The van der Waals surface area contributed by atoms with Gasteiger partial charge < -0.3 is 10.3 Å². The van der Waals surface area contributed by atoms with Crippen molar-refractivity contribution in [3.05, 3.63) is 35.0 Å². The Kier molecular flexibility index (Phi) is 5.76. The van der Waals surface area contributed by atoms with Crippen molar-refractivity contribution in [3.63, 3.8) is 0 Å². The molecule has 1 amide bonds. The molecule has 1 aliphatic heterocycles. The number of halogens is 6. The van der Waals surface area contributed by atoms with E-state index in [1.54, 1.807) is 0 Å². The van der Waals surface area contributed by atoms with E-state index in [-0.39, 0.29) is 23.3 Å². The highest BCUT2D eigenvalue weighted by Gasteiger charge is 2.40. The molecule has 3 nitrogen and oxygen atoms in total. The summed E-state index contributed by atoms with van der Waals surface area (Å²) in [5.41, 5.74) is 2.22. The zero-order valence-corrected chi connectivity index (χ0v) is 17.8. The Morgan fingerprint density at radius 3 is 2.23 bits per heavy atom. The van der Waals surface area contributed by atoms with Crippen molar-refractivity contribution in [1.82, 2.24) is 4.57 Å². The highest BCUT2D eigenvalue weighted by Crippen LogP contribution is 2.43. The maximum atomic E-state index is 13.6. The van der Waals surface area contributed by atoms with Crippen LogP contribution in [-0.2, 0) is 12.4 Å². The minimum atomic E-state index is -5.00. The molecule has 166 valence electrons. The molecule has 0 saturated carbocycles. The van der Waals surface area contributed by atoms with Gasteiger partial charge in [-0.1, -0.05) is 38.0 Å². The SMILES string of the molecule is C[Si]1(C)CCCCC(n2c(C(N)=O)cc3c(C(F)(F)F)cc(C(F)(F)F)cc32)CC1. The first kappa shape index (κ1) is 22.7. The lowest BCUT2D eigenvalue weighted by atomic mass is 10.0. The van der Waals surface area contributed by atoms with E-state index in [4.69, 9.17) is 5.73 Å². The molecule has 1 aliphatic rings. The number of benzene rings is 1. The van der Waals surface area contributed by atoms with Crippen LogP contribution in [-0.4, -0.2) is 18.5 Å². The van der Waals surface area contributed by atoms with Gasteiger partial charge in [-0.05, 0) is 31.0 Å². The summed E-state index contributed by atoms with van der Waals surface area (Å²) in [6.07, 6.45) is -7.03. The summed E-state index contributed by atoms with van der Waals surface area (Å²) < 4.78 is 82.3. The van der Waals surface area contributed by atoms with Crippen LogP contribution in [0.25, 0.3) is 10.9 Å². The molecular formula is C20H24F6N2OSi. The second-order valence-electron chi connectivity index (χ2n) is 8.82. The molecule has 1 unspecified atom stereocenters. The number of carbonyl (C=O) groups is 1. The molecule has 0 bridgehead atoms. The summed E-state index contributed by atoms with van der Waals surface area (Å²) >= 11 is 0. The molecule has 2 heterocycles. The molecule has 30 heavy (non-hydrogen) atoms. The number of aromatic nitrogens is 1. The predicted molar refractivity (Wildman–Crippen MR) is 105 cm³/mol. The third-order valence-corrected chi connectivity index (χ3v) is 9.35. The van der Waals surface area contributed by atoms with E-state index in [1.807, 2.05) is 0 Å². The molecule has 2 aromatic rings. The van der Waals surface area contributed by atoms with Crippen molar-refractivity contribution in [2.24, 2.45) is 5.73 Å². The average molecular weight is 450 g/mol. The van der Waals surface area contributed by atoms with Gasteiger partial charge in [-0.3, -0.25) is 4.79 Å². The predicted octanol–water partition coefficient (Wildman–Crippen LogP) is 6.60. The minimum absolute atomic E-state index is 0.103. The van der Waals surface area contributed by atoms with Gasteiger partial charge >= 0.3 is 12.4 Å². The van der Waals surface area contributed by atoms with Crippen molar-refractivity contribution in [1.29, 1.82) is 0 Å². The first-order chi connectivity index (χ1) is 13.7. The molecule has 3 rings (SSSR count). The van der Waals surface area contributed by atoms with Crippen LogP contribution in [0, 0.1) is 0 Å². The smallest absolute Gasteiger partial charge is 0.364 e. The summed E-state index contributed by atoms with van der Waals surface area (Å²) in [6, 6.07) is 3.43. The Morgan fingerprint density at radius 2 is 1.67 bits per heavy atom. The Labute approximate surface area is 171 Å². The monoisotopic (exact) mass is 450 g/mol. The van der Waals surface area contributed by atoms with Crippen molar-refractivity contribution >= 4 is 24.9 Å². The largest absolute Gasteiger partial charge is 0.417 e. The van der Waals surface area contributed by atoms with Crippen LogP contribution in [0.3, 0.4) is 0 Å². The van der Waals surface area contributed by atoms with Crippen LogP contribution in [0.2, 0.25) is 25.2 Å². The Hall–Kier alpha value is -1.97. The zero-order valence-electron chi connectivity index (χ0n) is 16.8. The van der Waals surface area contributed by atoms with Gasteiger partial charge in [-0.15, -0.1) is 0 Å². The fraction of sp³-hybridized carbons (Fsp3) is 0.550. The maximum absolute atomic E-state index is 13.6. The van der Waals surface area contributed by atoms with Gasteiger partial charge in [-0.2, -0.15) is 26.3 Å². The van der Waals surface area contributed by atoms with Gasteiger partial charge in [0.25, 0.3) is 5.91 Å². The summed E-state index contributed by atoms with van der Waals surface area (Å²) in [6.45, 7) is 4.45. The summed E-state index contributed by atoms with van der Waals surface area (Å²) in [5, 5.41) is -0.428. The number of nitrogens with two attached hydrogens (primary N) is 1. The Balaban J connectivity index is 2.28. The molecule has 0 radical (unpaired) electrons. The standard InChI is InChI=1S/C20H24F6N2OSi/c1-30(2)7-4-3-5-13(6-8-30)28-16-10-12(19(21,22)23)9-15(20(24,25)26)14(16)11-17(28)18(27)29/h9-11,13H,3-8H2,1-2H3,(H2,27,29). The van der Waals surface area contributed by atoms with E-state index >= 15 is 0 Å². The number of amides is 1. The molecule has 1 atom stereocenters. The highest BCUT2D eigenvalue weighted by atomic mass is 28.3. The van der Waals surface area contributed by atoms with Gasteiger partial charge in [0.05, 0.1) is 16.6 Å². The van der Waals surface area contributed by atoms with Gasteiger partial charge in [0, 0.05) is 19.5 Å². The van der Waals surface area contributed by atoms with E-state index in [0.717, 1.165) is 31.0 Å². The third kappa shape index (κ3) is 4.52. The second kappa shape index (κ2) is 7.62. The molecular weight excluding hydrogens is 426 g/mol. The lowest BCUT2D eigenvalue weighted by molar-refractivity contribution is -0.142. The van der Waals surface area contributed by atoms with E-state index in [0.29, 0.717) is 18.9 Å². The van der Waals surface area contributed by atoms with Crippen LogP contribution in [0.5, 0.6) is 0 Å². The van der Waals surface area contributed by atoms with Crippen molar-refractivity contribution in [3.8, 4) is 0 Å². The van der Waals surface area contributed by atoms with Crippen LogP contribution in [0.4, 0.5) is 26.3 Å². The zero-order chi connectivity index (χ0) is 22.5. The highest BCUT2D eigenvalue weighted by molar-refractivity contribution is 6.77. The molecule has 1 saturated heterocycles. The van der Waals surface area contributed by atoms with Crippen LogP contribution < -0.4 is 5.73 Å². The van der Waals surface area contributed by atoms with Gasteiger partial charge in [0.1, 0.15) is 5.69 Å². The molecule has 1 fully saturated rings. The maximum Gasteiger partial charge on any atom is 0.417 e. The normalized spacial score (nSPS) is 20.7. The van der Waals surface area contributed by atoms with Crippen molar-refractivity contribution < 1.29 is 31.1 Å². The van der Waals surface area contributed by atoms with Gasteiger partial charge in [0.2, 0.25) is 0 Å². The lowest BCUT2D eigenvalue weighted by Crippen LogP contribution is -2.29. The number of rotatable bonds is 2. The fourth-order valence-corrected chi connectivity index (χ4v) is 6.95. The number of alkyl halides is 6. The van der Waals surface area contributed by atoms with Crippen LogP contribution >= 0.6 is 0 Å². The van der Waals surface area contributed by atoms with E-state index < -0.39 is 42.8 Å². The molecule has 2 N–H and O–H groups in total. The van der Waals surface area contributed by atoms with Crippen LogP contribution in [0.15, 0.2) is 18.2 Å². The minimum Gasteiger partial charge on any atom is -0.364 e. The van der Waals surface area contributed by atoms with Crippen molar-refractivity contribution in [2.45, 2.75) is 69.3 Å². The number of fused-ring (bicyclic) bond motifs is 1. The first-order valence-electron chi connectivity index (χ1n) is 9.84. The van der Waals surface area contributed by atoms with E-state index in [2.05, 4.69) is 13.1 Å². The van der Waals surface area contributed by atoms with Crippen molar-refractivity contribution in [2.75, 3.05) is 0 Å². The Bertz CT molecular complexity index is 961. The van der Waals surface area contributed by atoms with Crippen LogP contribution in [0.1, 0.15) is 53.3 Å². The second-order valence-corrected chi connectivity index (χ2v) is 14.1. The quantitative estimate of drug-likeness (QED) is 0.407. The number of carbonyl (C=O) groups excluding carboxylic acids is 1. The lowest BCUT2D eigenvalue weighted by Gasteiger charge is -2.31. The molecule has 0 aliphatic carbocycles. The Morgan fingerprint density at radius 1 is 1.00 bits per heavy atom. The molecule has 1 aromatic heterocycles. The third-order valence-electron chi connectivity index (χ3n) is 6.00. The van der Waals surface area contributed by atoms with E-state index in [1.165, 1.54) is 4.57 Å². The number of hydrogen-bond donors (Lipinski definition) is 1. The van der Waals surface area contributed by atoms with Gasteiger partial charge in [-0.25, -0.2) is 0 Å². The number of hydrogen-bond acceptors (Lipinski definition) is 1. The summed E-state index contributed by atoms with van der Waals surface area (Å²) in [5.74, 6) is -0.952. The topological polar surface area (TPSA) is 48.0 Å². The molecule has 1 aromatic carbocycles. The van der Waals surface area contributed by atoms with Gasteiger partial charge in [0.15, 0.2) is 0 Å². The molecule has 10 heteroatoms. The molecule has 0 spiro atoms. The number of primary amides is 1. The number of nitrogens with zero attached hydrogens (tertiary/aromatic N) is 1. The summed E-state index contributed by atoms with van der Waals surface area (Å²) in [7, 11) is -1.51. The van der Waals surface area contributed by atoms with E-state index in [9.17, 15) is 31.1 Å².